The first-order chi connectivity index (χ1) is 13.6. The van der Waals surface area contributed by atoms with Gasteiger partial charge in [0.2, 0.25) is 0 Å². The van der Waals surface area contributed by atoms with Crippen LogP contribution in [0.1, 0.15) is 65.7 Å². The summed E-state index contributed by atoms with van der Waals surface area (Å²) in [4.78, 5) is 15.1. The fourth-order valence-corrected chi connectivity index (χ4v) is 3.39. The van der Waals surface area contributed by atoms with Gasteiger partial charge in [-0.2, -0.15) is 0 Å². The fourth-order valence-electron chi connectivity index (χ4n) is 3.39. The summed E-state index contributed by atoms with van der Waals surface area (Å²) in [6, 6.07) is 7.60. The number of benzene rings is 1. The molecule has 0 aromatic heterocycles. The van der Waals surface area contributed by atoms with E-state index in [0.29, 0.717) is 13.0 Å². The SMILES string of the molecule is CCCO[C@@](C)(CC)C(=O)Nc1ccc(OCCCN2CCCCCC2)cc1. The van der Waals surface area contributed by atoms with Gasteiger partial charge >= 0.3 is 0 Å². The second-order valence-electron chi connectivity index (χ2n) is 7.87. The van der Waals surface area contributed by atoms with Crippen LogP contribution in [0.5, 0.6) is 5.75 Å². The summed E-state index contributed by atoms with van der Waals surface area (Å²) in [5.41, 5.74) is -0.0277. The van der Waals surface area contributed by atoms with E-state index >= 15 is 0 Å². The topological polar surface area (TPSA) is 50.8 Å². The summed E-state index contributed by atoms with van der Waals surface area (Å²) >= 11 is 0. The average Bonchev–Trinajstić information content (AvgIpc) is 2.99. The first-order valence-corrected chi connectivity index (χ1v) is 11.0. The number of amides is 1. The third-order valence-electron chi connectivity index (χ3n) is 5.48. The number of carbonyl (C=O) groups excluding carboxylic acids is 1. The van der Waals surface area contributed by atoms with Crippen LogP contribution >= 0.6 is 0 Å². The van der Waals surface area contributed by atoms with Crippen LogP contribution in [0.3, 0.4) is 0 Å². The number of rotatable bonds is 11. The summed E-state index contributed by atoms with van der Waals surface area (Å²) < 4.78 is 11.6. The fraction of sp³-hybridized carbons (Fsp3) is 0.696. The van der Waals surface area contributed by atoms with Crippen LogP contribution in [0.4, 0.5) is 5.69 Å². The maximum atomic E-state index is 12.6. The Balaban J connectivity index is 1.74. The van der Waals surface area contributed by atoms with Gasteiger partial charge in [0.05, 0.1) is 6.61 Å². The molecule has 0 unspecified atom stereocenters. The molecule has 1 aromatic rings. The normalized spacial score (nSPS) is 17.5. The van der Waals surface area contributed by atoms with E-state index in [1.54, 1.807) is 0 Å². The standard InChI is InChI=1S/C23H38N2O3/c1-4-18-28-23(3,5-2)22(26)24-20-11-13-21(14-12-20)27-19-10-17-25-15-8-6-7-9-16-25/h11-14H,4-10,15-19H2,1-3H3,(H,24,26)/t23-/m0/s1. The number of hydrogen-bond donors (Lipinski definition) is 1. The van der Waals surface area contributed by atoms with Crippen molar-refractivity contribution in [2.75, 3.05) is 38.2 Å². The molecule has 1 N–H and O–H groups in total. The van der Waals surface area contributed by atoms with Gasteiger partial charge in [-0.25, -0.2) is 0 Å². The molecular weight excluding hydrogens is 352 g/mol. The van der Waals surface area contributed by atoms with Crippen LogP contribution in [-0.4, -0.2) is 49.3 Å². The predicted molar refractivity (Wildman–Crippen MR) is 115 cm³/mol. The molecule has 5 nitrogen and oxygen atoms in total. The van der Waals surface area contributed by atoms with Crippen LogP contribution in [-0.2, 0) is 9.53 Å². The third-order valence-corrected chi connectivity index (χ3v) is 5.48. The molecule has 158 valence electrons. The largest absolute Gasteiger partial charge is 0.494 e. The molecule has 1 saturated heterocycles. The molecule has 1 aromatic carbocycles. The second-order valence-corrected chi connectivity index (χ2v) is 7.87. The van der Waals surface area contributed by atoms with E-state index in [1.165, 1.54) is 38.8 Å². The lowest BCUT2D eigenvalue weighted by atomic mass is 10.0. The van der Waals surface area contributed by atoms with Crippen molar-refractivity contribution in [3.05, 3.63) is 24.3 Å². The monoisotopic (exact) mass is 390 g/mol. The number of hydrogen-bond acceptors (Lipinski definition) is 4. The van der Waals surface area contributed by atoms with Gasteiger partial charge in [-0.05, 0) is 76.4 Å². The highest BCUT2D eigenvalue weighted by atomic mass is 16.5. The van der Waals surface area contributed by atoms with Crippen molar-refractivity contribution >= 4 is 11.6 Å². The van der Waals surface area contributed by atoms with Gasteiger partial charge in [-0.1, -0.05) is 26.7 Å². The van der Waals surface area contributed by atoms with Crippen LogP contribution in [0.25, 0.3) is 0 Å². The molecule has 0 spiro atoms. The second kappa shape index (κ2) is 12.1. The summed E-state index contributed by atoms with van der Waals surface area (Å²) in [6.07, 6.45) is 7.98. The Morgan fingerprint density at radius 2 is 1.75 bits per heavy atom. The number of likely N-dealkylation sites (tertiary alicyclic amines) is 1. The predicted octanol–water partition coefficient (Wildman–Crippen LogP) is 4.87. The zero-order valence-electron chi connectivity index (χ0n) is 18.0. The Hall–Kier alpha value is -1.59. The number of nitrogens with one attached hydrogen (secondary N) is 1. The molecule has 1 heterocycles. The Morgan fingerprint density at radius 3 is 2.36 bits per heavy atom. The molecule has 1 aliphatic rings. The summed E-state index contributed by atoms with van der Waals surface area (Å²) in [5, 5.41) is 2.96. The third kappa shape index (κ3) is 7.44. The molecule has 5 heteroatoms. The Morgan fingerprint density at radius 1 is 1.07 bits per heavy atom. The Kier molecular flexibility index (Phi) is 9.79. The maximum Gasteiger partial charge on any atom is 0.256 e. The molecule has 0 bridgehead atoms. The van der Waals surface area contributed by atoms with E-state index in [1.807, 2.05) is 45.0 Å². The molecule has 1 aliphatic heterocycles. The van der Waals surface area contributed by atoms with Crippen molar-refractivity contribution < 1.29 is 14.3 Å². The summed E-state index contributed by atoms with van der Waals surface area (Å²) in [6.45, 7) is 10.7. The minimum atomic E-state index is -0.793. The first kappa shape index (κ1) is 22.7. The van der Waals surface area contributed by atoms with Crippen molar-refractivity contribution in [1.29, 1.82) is 0 Å². The van der Waals surface area contributed by atoms with E-state index in [2.05, 4.69) is 10.2 Å². The van der Waals surface area contributed by atoms with Gasteiger partial charge in [-0.3, -0.25) is 4.79 Å². The summed E-state index contributed by atoms with van der Waals surface area (Å²) in [5.74, 6) is 0.740. The molecular formula is C23H38N2O3. The lowest BCUT2D eigenvalue weighted by Gasteiger charge is -2.27. The first-order valence-electron chi connectivity index (χ1n) is 11.0. The molecule has 1 amide bonds. The van der Waals surface area contributed by atoms with Crippen LogP contribution in [0, 0.1) is 0 Å². The lowest BCUT2D eigenvalue weighted by molar-refractivity contribution is -0.139. The smallest absolute Gasteiger partial charge is 0.256 e. The molecule has 1 fully saturated rings. The van der Waals surface area contributed by atoms with Gasteiger partial charge in [-0.15, -0.1) is 0 Å². The quantitative estimate of drug-likeness (QED) is 0.548. The van der Waals surface area contributed by atoms with Crippen molar-refractivity contribution in [2.24, 2.45) is 0 Å². The van der Waals surface area contributed by atoms with Crippen LogP contribution < -0.4 is 10.1 Å². The van der Waals surface area contributed by atoms with E-state index in [0.717, 1.165) is 37.4 Å². The maximum absolute atomic E-state index is 12.6. The zero-order valence-corrected chi connectivity index (χ0v) is 18.0. The Labute approximate surface area is 170 Å². The number of nitrogens with zero attached hydrogens (tertiary/aromatic N) is 1. The van der Waals surface area contributed by atoms with Gasteiger partial charge in [0.25, 0.3) is 5.91 Å². The van der Waals surface area contributed by atoms with Crippen LogP contribution in [0.15, 0.2) is 24.3 Å². The number of carbonyl (C=O) groups is 1. The van der Waals surface area contributed by atoms with E-state index in [-0.39, 0.29) is 5.91 Å². The molecule has 0 aliphatic carbocycles. The van der Waals surface area contributed by atoms with Crippen molar-refractivity contribution in [3.8, 4) is 5.75 Å². The molecule has 28 heavy (non-hydrogen) atoms. The summed E-state index contributed by atoms with van der Waals surface area (Å²) in [7, 11) is 0. The van der Waals surface area contributed by atoms with Gasteiger partial charge in [0.1, 0.15) is 11.4 Å². The molecule has 0 saturated carbocycles. The lowest BCUT2D eigenvalue weighted by Crippen LogP contribution is -2.42. The van der Waals surface area contributed by atoms with Gasteiger partial charge in [0, 0.05) is 18.8 Å². The highest BCUT2D eigenvalue weighted by Crippen LogP contribution is 2.21. The van der Waals surface area contributed by atoms with Crippen LogP contribution in [0.2, 0.25) is 0 Å². The van der Waals surface area contributed by atoms with E-state index in [4.69, 9.17) is 9.47 Å². The minimum Gasteiger partial charge on any atom is -0.494 e. The molecule has 0 radical (unpaired) electrons. The van der Waals surface area contributed by atoms with Crippen molar-refractivity contribution in [1.82, 2.24) is 4.90 Å². The average molecular weight is 391 g/mol. The van der Waals surface area contributed by atoms with Gasteiger partial charge in [0.15, 0.2) is 0 Å². The van der Waals surface area contributed by atoms with E-state index < -0.39 is 5.60 Å². The van der Waals surface area contributed by atoms with E-state index in [9.17, 15) is 4.79 Å². The van der Waals surface area contributed by atoms with Gasteiger partial charge < -0.3 is 19.7 Å². The highest BCUT2D eigenvalue weighted by molar-refractivity contribution is 5.97. The highest BCUT2D eigenvalue weighted by Gasteiger charge is 2.32. The molecule has 1 atom stereocenters. The van der Waals surface area contributed by atoms with Crippen molar-refractivity contribution in [3.63, 3.8) is 0 Å². The Bertz CT molecular complexity index is 568. The van der Waals surface area contributed by atoms with Crippen molar-refractivity contribution in [2.45, 2.75) is 71.3 Å². The zero-order chi connectivity index (χ0) is 20.2. The molecule has 2 rings (SSSR count). The number of anilines is 1. The minimum absolute atomic E-state index is 0.102. The number of ether oxygens (including phenoxy) is 2.